The minimum atomic E-state index is -1.67. The molecule has 0 unspecified atom stereocenters. The molecule has 17 atom stereocenters. The zero-order valence-corrected chi connectivity index (χ0v) is 69.3. The third-order valence-corrected chi connectivity index (χ3v) is 21.5. The summed E-state index contributed by atoms with van der Waals surface area (Å²) in [5.74, 6) is -8.57. The van der Waals surface area contributed by atoms with Crippen molar-refractivity contribution in [3.8, 4) is 5.75 Å². The molecule has 0 aliphatic carbocycles. The van der Waals surface area contributed by atoms with Crippen LogP contribution in [0.3, 0.4) is 0 Å². The van der Waals surface area contributed by atoms with Crippen LogP contribution in [0.2, 0.25) is 0 Å². The second-order valence-electron chi connectivity index (χ2n) is 30.7. The van der Waals surface area contributed by atoms with Crippen molar-refractivity contribution in [3.63, 3.8) is 0 Å². The lowest BCUT2D eigenvalue weighted by molar-refractivity contribution is -0.282. The van der Waals surface area contributed by atoms with Gasteiger partial charge in [0.2, 0.25) is 30.1 Å². The molecule has 6 rings (SSSR count). The second-order valence-corrected chi connectivity index (χ2v) is 30.7. The van der Waals surface area contributed by atoms with E-state index < -0.39 is 139 Å². The van der Waals surface area contributed by atoms with Crippen LogP contribution < -0.4 is 21.1 Å². The summed E-state index contributed by atoms with van der Waals surface area (Å²) in [6, 6.07) is 28.3. The minimum Gasteiger partial charge on any atom is -0.467 e. The summed E-state index contributed by atoms with van der Waals surface area (Å²) in [6.45, 7) is 18.4. The molecule has 2 saturated heterocycles. The van der Waals surface area contributed by atoms with Gasteiger partial charge in [-0.05, 0) is 102 Å². The maximum absolute atomic E-state index is 15.0. The van der Waals surface area contributed by atoms with Crippen molar-refractivity contribution in [3.05, 3.63) is 131 Å². The number of esters is 4. The van der Waals surface area contributed by atoms with Crippen molar-refractivity contribution < 1.29 is 110 Å². The number of likely N-dealkylation sites (tertiary alicyclic amines) is 1. The van der Waals surface area contributed by atoms with E-state index in [0.29, 0.717) is 55.5 Å². The van der Waals surface area contributed by atoms with Crippen LogP contribution in [0, 0.1) is 41.4 Å². The molecular formula is C86H120N6O23. The summed E-state index contributed by atoms with van der Waals surface area (Å²) < 4.78 is 56.2. The Labute approximate surface area is 675 Å². The highest BCUT2D eigenvalue weighted by atomic mass is 16.7. The zero-order valence-electron chi connectivity index (χ0n) is 69.3. The third-order valence-electron chi connectivity index (χ3n) is 21.5. The lowest BCUT2D eigenvalue weighted by Crippen LogP contribution is -2.64. The Morgan fingerprint density at radius 3 is 1.80 bits per heavy atom. The van der Waals surface area contributed by atoms with E-state index in [4.69, 9.17) is 53.1 Å². The van der Waals surface area contributed by atoms with Crippen molar-refractivity contribution in [2.24, 2.45) is 47.2 Å². The summed E-state index contributed by atoms with van der Waals surface area (Å²) in [5.41, 5.74) is 9.47. The number of likely N-dealkylation sites (N-methyl/N-ethyl adjacent to an activating group) is 2. The predicted octanol–water partition coefficient (Wildman–Crippen LogP) is 10.0. The average molecular weight is 1610 g/mol. The van der Waals surface area contributed by atoms with Gasteiger partial charge >= 0.3 is 36.1 Å². The number of alkyl carbamates (subject to hydrolysis) is 1. The molecule has 2 fully saturated rings. The molecule has 2 heterocycles. The van der Waals surface area contributed by atoms with Gasteiger partial charge in [0.1, 0.15) is 24.7 Å². The standard InChI is InChI=1S/C86H120N6O23/c1-17-52(6)74(71(106-14)47-72(99)92-42-26-32-67(92)76(107-15)54(8)68(96)43-53(7)75(100)61-29-22-19-23-30-61)90(12)82(102)65(50(2)3)46-70(98)73(51(4)5)91(13)86(105)110-49-59-33-37-63(38-34-59)89-81(101)62(45-69(97)66(87)44-58-27-20-18-21-28-58)31-24-25-41-88-85(104)109-48-60-35-39-64(40-36-60)114-84-80(113-57(11)95)78(112-56(10)94)77(111-55(9)93)79(115-84)83(103)108-16/h18-23,27-30,33-40,50-54,62,65-67,71,73-80,84,100H,17,24-26,31-32,41-49,87H2,1-16H3,(H,88,104)(H,89,101)/t52-,53-,54-,62+,65-,66-,67-,71+,73-,74-,75+,76+,77-,78-,79-,80+,84+/m0/s1. The molecule has 5 N–H and O–H groups in total. The van der Waals surface area contributed by atoms with Gasteiger partial charge in [0, 0.05) is 105 Å². The Balaban J connectivity index is 1.02. The molecule has 2 aliphatic rings. The molecule has 4 aromatic carbocycles. The van der Waals surface area contributed by atoms with E-state index in [1.165, 1.54) is 31.2 Å². The van der Waals surface area contributed by atoms with Crippen molar-refractivity contribution in [2.45, 2.75) is 233 Å². The molecule has 115 heavy (non-hydrogen) atoms. The monoisotopic (exact) mass is 1600 g/mol. The molecule has 5 amide bonds. The number of nitrogens with zero attached hydrogens (tertiary/aromatic N) is 3. The fourth-order valence-corrected chi connectivity index (χ4v) is 15.0. The molecule has 0 aromatic heterocycles. The Kier molecular flexibility index (Phi) is 37.8. The lowest BCUT2D eigenvalue weighted by Gasteiger charge is -2.43. The van der Waals surface area contributed by atoms with Gasteiger partial charge in [-0.1, -0.05) is 153 Å². The molecule has 29 heteroatoms. The number of unbranched alkanes of at least 4 members (excludes halogenated alkanes) is 1. The fraction of sp³-hybridized carbons (Fsp3) is 0.581. The van der Waals surface area contributed by atoms with Gasteiger partial charge in [-0.2, -0.15) is 0 Å². The van der Waals surface area contributed by atoms with E-state index in [1.807, 2.05) is 116 Å². The SMILES string of the molecule is CC[C@H](C)[C@@H]([C@@H](CC(=O)N1CCC[C@H]1[C@H](OC)[C@@H](C)C(=O)C[C@H](C)[C@@H](O)c1ccccc1)OC)N(C)C(=O)[C@@H](CC(=O)[C@H](C(C)C)N(C)C(=O)OCc1ccc(NC(=O)[C@H](CCCCNC(=O)OCc2ccc(O[C@@H]3O[C@H](C(=O)OC)[C@@H](OC(C)=O)[C@H](OC(C)=O)[C@H]3OC(C)=O)cc2)CC(=O)[C@@H](N)Cc2ccccc2)cc1)C(C)C. The van der Waals surface area contributed by atoms with E-state index in [1.54, 1.807) is 60.4 Å². The summed E-state index contributed by atoms with van der Waals surface area (Å²) in [4.78, 5) is 167. The first-order valence-corrected chi connectivity index (χ1v) is 39.6. The van der Waals surface area contributed by atoms with Gasteiger partial charge in [0.15, 0.2) is 29.9 Å². The third kappa shape index (κ3) is 27.8. The topological polar surface area (TPSA) is 377 Å². The van der Waals surface area contributed by atoms with Crippen molar-refractivity contribution in [1.82, 2.24) is 20.0 Å². The predicted molar refractivity (Wildman–Crippen MR) is 424 cm³/mol. The highest BCUT2D eigenvalue weighted by Gasteiger charge is 2.56. The number of nitrogens with one attached hydrogen (secondary N) is 2. The number of methoxy groups -OCH3 is 3. The number of nitrogens with two attached hydrogens (primary N) is 1. The van der Waals surface area contributed by atoms with Gasteiger partial charge in [0.25, 0.3) is 0 Å². The van der Waals surface area contributed by atoms with E-state index in [0.717, 1.165) is 39.0 Å². The first-order chi connectivity index (χ1) is 54.6. The Morgan fingerprint density at radius 2 is 1.23 bits per heavy atom. The Bertz CT molecular complexity index is 3850. The van der Waals surface area contributed by atoms with Crippen LogP contribution in [0.15, 0.2) is 109 Å². The second kappa shape index (κ2) is 46.2. The number of ether oxygens (including phenoxy) is 10. The average Bonchev–Trinajstić information content (AvgIpc) is 1.24. The van der Waals surface area contributed by atoms with E-state index in [-0.39, 0.29) is 111 Å². The van der Waals surface area contributed by atoms with Gasteiger partial charge in [0.05, 0.1) is 56.0 Å². The van der Waals surface area contributed by atoms with E-state index in [9.17, 15) is 62.6 Å². The largest absolute Gasteiger partial charge is 0.467 e. The number of aliphatic hydroxyl groups is 1. The normalized spacial score (nSPS) is 19.6. The summed E-state index contributed by atoms with van der Waals surface area (Å²) in [6.07, 6.45) is -8.70. The highest BCUT2D eigenvalue weighted by Crippen LogP contribution is 2.36. The van der Waals surface area contributed by atoms with Crippen LogP contribution >= 0.6 is 0 Å². The Morgan fingerprint density at radius 1 is 0.635 bits per heavy atom. The number of hydrogen-bond acceptors (Lipinski definition) is 24. The smallest absolute Gasteiger partial charge is 0.410 e. The maximum Gasteiger partial charge on any atom is 0.410 e. The Hall–Kier alpha value is -9.68. The van der Waals surface area contributed by atoms with Crippen LogP contribution in [0.5, 0.6) is 5.75 Å². The van der Waals surface area contributed by atoms with Gasteiger partial charge in [-0.25, -0.2) is 14.4 Å². The highest BCUT2D eigenvalue weighted by molar-refractivity contribution is 5.97. The molecule has 0 spiro atoms. The molecule has 4 aromatic rings. The van der Waals surface area contributed by atoms with E-state index in [2.05, 4.69) is 10.6 Å². The van der Waals surface area contributed by atoms with Crippen molar-refractivity contribution in [1.29, 1.82) is 0 Å². The molecule has 0 saturated carbocycles. The number of hydrogen-bond donors (Lipinski definition) is 4. The number of carbonyl (C=O) groups is 12. The molecular weight excluding hydrogens is 1480 g/mol. The van der Waals surface area contributed by atoms with Crippen LogP contribution in [0.1, 0.15) is 169 Å². The summed E-state index contributed by atoms with van der Waals surface area (Å²) in [7, 11) is 7.29. The van der Waals surface area contributed by atoms with Crippen LogP contribution in [-0.2, 0) is 110 Å². The first-order valence-electron chi connectivity index (χ1n) is 39.6. The van der Waals surface area contributed by atoms with Crippen molar-refractivity contribution >= 4 is 76.8 Å². The summed E-state index contributed by atoms with van der Waals surface area (Å²) in [5, 5.41) is 16.7. The van der Waals surface area contributed by atoms with Crippen LogP contribution in [-0.4, -0.2) is 207 Å². The molecule has 29 nitrogen and oxygen atoms in total. The number of anilines is 1. The quantitative estimate of drug-likeness (QED) is 0.0182. The first kappa shape index (κ1) is 94.2. The molecule has 2 aliphatic heterocycles. The van der Waals surface area contributed by atoms with Crippen molar-refractivity contribution in [2.75, 3.05) is 53.8 Å². The number of Topliss-reactive ketones (excluding diaryl/α,β-unsaturated/α-hetero) is 3. The van der Waals surface area contributed by atoms with Gasteiger partial charge < -0.3 is 83.5 Å². The minimum absolute atomic E-state index is 0.0647. The summed E-state index contributed by atoms with van der Waals surface area (Å²) >= 11 is 0. The number of benzene rings is 4. The number of amides is 5. The number of ketones is 3. The number of aliphatic hydroxyl groups excluding tert-OH is 1. The van der Waals surface area contributed by atoms with E-state index >= 15 is 0 Å². The fourth-order valence-electron chi connectivity index (χ4n) is 15.0. The number of rotatable bonds is 44. The van der Waals surface area contributed by atoms with Crippen LogP contribution in [0.4, 0.5) is 15.3 Å². The zero-order chi connectivity index (χ0) is 84.9. The maximum atomic E-state index is 15.0. The van der Waals surface area contributed by atoms with Gasteiger partial charge in [-0.3, -0.25) is 43.2 Å². The van der Waals surface area contributed by atoms with Gasteiger partial charge in [-0.15, -0.1) is 0 Å². The van der Waals surface area contributed by atoms with Crippen LogP contribution in [0.25, 0.3) is 0 Å². The molecule has 0 radical (unpaired) electrons. The lowest BCUT2D eigenvalue weighted by atomic mass is 9.83. The molecule has 632 valence electrons. The number of carbonyl (C=O) groups excluding carboxylic acids is 12. The molecule has 0 bridgehead atoms.